The van der Waals surface area contributed by atoms with Crippen LogP contribution in [0.15, 0.2) is 17.4 Å². The molecule has 0 saturated heterocycles. The number of hydrogen-bond donors (Lipinski definition) is 0. The summed E-state index contributed by atoms with van der Waals surface area (Å²) in [6, 6.07) is 0. The maximum atomic E-state index is 10.1. The van der Waals surface area contributed by atoms with E-state index in [1.165, 1.54) is 18.6 Å². The van der Waals surface area contributed by atoms with E-state index >= 15 is 0 Å². The second-order valence-corrected chi connectivity index (χ2v) is 1.55. The zero-order chi connectivity index (χ0) is 6.69. The van der Waals surface area contributed by atoms with E-state index in [4.69, 9.17) is 0 Å². The predicted molar refractivity (Wildman–Crippen MR) is 29.7 cm³/mol. The Morgan fingerprint density at radius 1 is 1.70 bits per heavy atom. The second kappa shape index (κ2) is 4.15. The average molecular weight is 132 g/mol. The molecule has 0 unspecified atom stereocenters. The molecule has 48 valence electrons. The van der Waals surface area contributed by atoms with Crippen molar-refractivity contribution in [3.8, 4) is 0 Å². The molecular weight excluding hydrogens is 127 g/mol. The maximum absolute atomic E-state index is 10.1. The molecule has 1 aliphatic rings. The van der Waals surface area contributed by atoms with E-state index in [2.05, 4.69) is 4.99 Å². The number of carbonyl (C=O) groups is 1. The van der Waals surface area contributed by atoms with Crippen molar-refractivity contribution in [2.75, 3.05) is 6.54 Å². The van der Waals surface area contributed by atoms with Gasteiger partial charge in [-0.05, 0) is 0 Å². The summed E-state index contributed by atoms with van der Waals surface area (Å²) >= 11 is 0. The number of carboxylic acid groups (broad SMARTS) is 1. The molecule has 0 N–H and O–H groups in total. The fourth-order valence-electron chi connectivity index (χ4n) is 0.511. The molecule has 0 aromatic carbocycles. The van der Waals surface area contributed by atoms with Gasteiger partial charge in [-0.1, -0.05) is 0 Å². The monoisotopic (exact) mass is 132 g/mol. The molecule has 0 atom stereocenters. The molecule has 1 amide bonds. The Morgan fingerprint density at radius 3 is 2.70 bits per heavy atom. The van der Waals surface area contributed by atoms with Crippen molar-refractivity contribution in [2.45, 2.75) is 0 Å². The van der Waals surface area contributed by atoms with Gasteiger partial charge in [-0.15, -0.1) is 0 Å². The van der Waals surface area contributed by atoms with Crippen LogP contribution in [-0.2, 0) is 0 Å². The first-order chi connectivity index (χ1) is 4.30. The van der Waals surface area contributed by atoms with Crippen LogP contribution >= 0.6 is 0 Å². The van der Waals surface area contributed by atoms with Gasteiger partial charge in [0.2, 0.25) is 0 Å². The zero-order valence-electron chi connectivity index (χ0n) is 5.65. The fourth-order valence-corrected chi connectivity index (χ4v) is 0.511. The van der Waals surface area contributed by atoms with Gasteiger partial charge in [-0.3, -0.25) is 4.99 Å². The Kier molecular flexibility index (Phi) is 3.85. The SMILES string of the molecule is O=C([O-])N1C=CN=CC1.[Li+]. The van der Waals surface area contributed by atoms with Crippen LogP contribution in [0.5, 0.6) is 0 Å². The van der Waals surface area contributed by atoms with Crippen molar-refractivity contribution in [3.63, 3.8) is 0 Å². The van der Waals surface area contributed by atoms with E-state index in [0.29, 0.717) is 6.54 Å². The van der Waals surface area contributed by atoms with Crippen LogP contribution < -0.4 is 24.0 Å². The second-order valence-electron chi connectivity index (χ2n) is 1.55. The van der Waals surface area contributed by atoms with E-state index in [1.807, 2.05) is 0 Å². The summed E-state index contributed by atoms with van der Waals surface area (Å²) in [6.45, 7) is 0.291. The van der Waals surface area contributed by atoms with Gasteiger partial charge >= 0.3 is 18.9 Å². The quantitative estimate of drug-likeness (QED) is 0.317. The zero-order valence-corrected chi connectivity index (χ0v) is 5.65. The minimum Gasteiger partial charge on any atom is -0.530 e. The van der Waals surface area contributed by atoms with E-state index < -0.39 is 6.09 Å². The summed E-state index contributed by atoms with van der Waals surface area (Å²) in [7, 11) is 0. The van der Waals surface area contributed by atoms with Crippen LogP contribution in [0.4, 0.5) is 4.79 Å². The number of amides is 1. The molecular formula is C5H5LiN2O2. The van der Waals surface area contributed by atoms with Gasteiger partial charge in [0.25, 0.3) is 0 Å². The van der Waals surface area contributed by atoms with Crippen molar-refractivity contribution < 1.29 is 28.8 Å². The first-order valence-electron chi connectivity index (χ1n) is 2.46. The molecule has 0 saturated carbocycles. The van der Waals surface area contributed by atoms with Gasteiger partial charge in [-0.25, -0.2) is 0 Å². The van der Waals surface area contributed by atoms with Crippen molar-refractivity contribution in [3.05, 3.63) is 12.4 Å². The number of hydrogen-bond acceptors (Lipinski definition) is 3. The fraction of sp³-hybridized carbons (Fsp3) is 0.200. The van der Waals surface area contributed by atoms with Gasteiger partial charge in [0, 0.05) is 18.6 Å². The van der Waals surface area contributed by atoms with Crippen LogP contribution in [0.1, 0.15) is 0 Å². The van der Waals surface area contributed by atoms with Gasteiger partial charge < -0.3 is 14.8 Å². The van der Waals surface area contributed by atoms with Crippen molar-refractivity contribution in [1.82, 2.24) is 4.90 Å². The standard InChI is InChI=1S/C5H6N2O2.Li/c8-5(9)7-3-1-6-2-4-7;/h1-3H,4H2,(H,8,9);/q;+1/p-1. The third-order valence-electron chi connectivity index (χ3n) is 0.951. The molecule has 0 spiro atoms. The Bertz CT molecular complexity index is 178. The largest absolute Gasteiger partial charge is 1.00 e. The normalized spacial score (nSPS) is 14.6. The summed E-state index contributed by atoms with van der Waals surface area (Å²) in [5.41, 5.74) is 0. The predicted octanol–water partition coefficient (Wildman–Crippen LogP) is -3.81. The topological polar surface area (TPSA) is 55.7 Å². The summed E-state index contributed by atoms with van der Waals surface area (Å²) in [4.78, 5) is 14.8. The van der Waals surface area contributed by atoms with Gasteiger partial charge in [0.1, 0.15) is 6.09 Å². The van der Waals surface area contributed by atoms with Gasteiger partial charge in [0.05, 0.1) is 6.54 Å². The van der Waals surface area contributed by atoms with Crippen LogP contribution in [0, 0.1) is 0 Å². The number of aliphatic imine (C=N–C) groups is 1. The van der Waals surface area contributed by atoms with Crippen LogP contribution in [0.25, 0.3) is 0 Å². The molecule has 0 aromatic heterocycles. The summed E-state index contributed by atoms with van der Waals surface area (Å²) < 4.78 is 0. The molecule has 0 fully saturated rings. The molecule has 0 bridgehead atoms. The van der Waals surface area contributed by atoms with E-state index in [0.717, 1.165) is 4.90 Å². The summed E-state index contributed by atoms with van der Waals surface area (Å²) in [5, 5.41) is 10.1. The van der Waals surface area contributed by atoms with E-state index in [9.17, 15) is 9.90 Å². The van der Waals surface area contributed by atoms with Crippen LogP contribution in [0.2, 0.25) is 0 Å². The third kappa shape index (κ3) is 2.25. The minimum atomic E-state index is -1.20. The van der Waals surface area contributed by atoms with Crippen molar-refractivity contribution in [2.24, 2.45) is 4.99 Å². The first-order valence-corrected chi connectivity index (χ1v) is 2.46. The maximum Gasteiger partial charge on any atom is 1.00 e. The number of nitrogens with zero attached hydrogens (tertiary/aromatic N) is 2. The molecule has 1 heterocycles. The smallest absolute Gasteiger partial charge is 0.530 e. The van der Waals surface area contributed by atoms with Crippen LogP contribution in [-0.4, -0.2) is 23.8 Å². The summed E-state index contributed by atoms with van der Waals surface area (Å²) in [5.74, 6) is 0. The third-order valence-corrected chi connectivity index (χ3v) is 0.951. The Balaban J connectivity index is 0.000000810. The van der Waals surface area contributed by atoms with Crippen LogP contribution in [0.3, 0.4) is 0 Å². The first kappa shape index (κ1) is 9.28. The Hall–Kier alpha value is -0.723. The molecule has 4 nitrogen and oxygen atoms in total. The van der Waals surface area contributed by atoms with Gasteiger partial charge in [0.15, 0.2) is 0 Å². The molecule has 10 heavy (non-hydrogen) atoms. The van der Waals surface area contributed by atoms with Crippen molar-refractivity contribution in [1.29, 1.82) is 0 Å². The minimum absolute atomic E-state index is 0. The Labute approximate surface area is 70.4 Å². The average Bonchev–Trinajstić information content (AvgIpc) is 1.90. The summed E-state index contributed by atoms with van der Waals surface area (Å²) in [6.07, 6.45) is 3.06. The Morgan fingerprint density at radius 2 is 2.40 bits per heavy atom. The van der Waals surface area contributed by atoms with Crippen molar-refractivity contribution >= 4 is 12.3 Å². The molecule has 0 aliphatic carbocycles. The molecule has 1 aliphatic heterocycles. The number of rotatable bonds is 0. The number of carbonyl (C=O) groups excluding carboxylic acids is 1. The van der Waals surface area contributed by atoms with Gasteiger partial charge in [-0.2, -0.15) is 0 Å². The molecule has 1 rings (SSSR count). The van der Waals surface area contributed by atoms with E-state index in [-0.39, 0.29) is 18.9 Å². The molecule has 0 radical (unpaired) electrons. The molecule has 5 heteroatoms. The van der Waals surface area contributed by atoms with E-state index in [1.54, 1.807) is 0 Å². The molecule has 0 aromatic rings.